The Morgan fingerprint density at radius 3 is 2.62 bits per heavy atom. The van der Waals surface area contributed by atoms with Gasteiger partial charge in [0, 0.05) is 12.8 Å². The molecule has 48 valence electrons. The van der Waals surface area contributed by atoms with E-state index in [9.17, 15) is 0 Å². The van der Waals surface area contributed by atoms with Crippen LogP contribution in [-0.2, 0) is 0 Å². The molecule has 8 heavy (non-hydrogen) atoms. The van der Waals surface area contributed by atoms with Crippen molar-refractivity contribution in [3.8, 4) is 0 Å². The van der Waals surface area contributed by atoms with Crippen molar-refractivity contribution in [3.05, 3.63) is 0 Å². The maximum absolute atomic E-state index is 3.98. The van der Waals surface area contributed by atoms with E-state index in [1.165, 1.54) is 12.1 Å². The molecule has 0 amide bonds. The Labute approximate surface area is 51.0 Å². The zero-order valence-corrected chi connectivity index (χ0v) is 5.86. The van der Waals surface area contributed by atoms with Gasteiger partial charge < -0.3 is 5.43 Å². The van der Waals surface area contributed by atoms with Crippen LogP contribution in [0.2, 0.25) is 0 Å². The van der Waals surface area contributed by atoms with Crippen LogP contribution in [0.5, 0.6) is 0 Å². The van der Waals surface area contributed by atoms with Crippen LogP contribution in [-0.4, -0.2) is 12.8 Å². The summed E-state index contributed by atoms with van der Waals surface area (Å²) in [5.74, 6) is 0. The lowest BCUT2D eigenvalue weighted by molar-refractivity contribution is 0.874. The van der Waals surface area contributed by atoms with Crippen molar-refractivity contribution in [1.82, 2.24) is 5.43 Å². The average Bonchev–Trinajstić information content (AvgIpc) is 1.68. The largest absolute Gasteiger partial charge is 0.313 e. The lowest BCUT2D eigenvalue weighted by atomic mass is 10.2. The van der Waals surface area contributed by atoms with Crippen molar-refractivity contribution in [3.63, 3.8) is 0 Å². The Morgan fingerprint density at radius 1 is 1.62 bits per heavy atom. The summed E-state index contributed by atoms with van der Waals surface area (Å²) in [6.45, 7) is 4.18. The van der Waals surface area contributed by atoms with Gasteiger partial charge in [0.05, 0.1) is 0 Å². The first-order valence-electron chi connectivity index (χ1n) is 3.01. The molecule has 0 aliphatic carbocycles. The van der Waals surface area contributed by atoms with Gasteiger partial charge in [0.15, 0.2) is 0 Å². The summed E-state index contributed by atoms with van der Waals surface area (Å²) in [6.07, 6.45) is 2.28. The van der Waals surface area contributed by atoms with E-state index < -0.39 is 0 Å². The number of hydrogen-bond donors (Lipinski definition) is 1. The molecular formula is C6H14N2. The average molecular weight is 114 g/mol. The predicted octanol–water partition coefficient (Wildman–Crippen LogP) is 1.38. The molecule has 0 aromatic rings. The molecule has 1 N–H and O–H groups in total. The Morgan fingerprint density at radius 2 is 2.25 bits per heavy atom. The third-order valence-electron chi connectivity index (χ3n) is 0.914. The van der Waals surface area contributed by atoms with Gasteiger partial charge >= 0.3 is 0 Å². The summed E-state index contributed by atoms with van der Waals surface area (Å²) in [6, 6.07) is 0. The van der Waals surface area contributed by atoms with Crippen molar-refractivity contribution in [2.75, 3.05) is 7.05 Å². The second-order valence-corrected chi connectivity index (χ2v) is 1.82. The summed E-state index contributed by atoms with van der Waals surface area (Å²) in [4.78, 5) is 0. The third-order valence-corrected chi connectivity index (χ3v) is 0.914. The number of hydrazone groups is 1. The predicted molar refractivity (Wildman–Crippen MR) is 37.1 cm³/mol. The highest BCUT2D eigenvalue weighted by Crippen LogP contribution is 1.88. The number of hydrogen-bond acceptors (Lipinski definition) is 2. The van der Waals surface area contributed by atoms with Gasteiger partial charge in [-0.25, -0.2) is 0 Å². The van der Waals surface area contributed by atoms with E-state index in [0.29, 0.717) is 0 Å². The number of nitrogens with zero attached hydrogens (tertiary/aromatic N) is 1. The molecule has 0 aliphatic rings. The second-order valence-electron chi connectivity index (χ2n) is 1.82. The maximum Gasteiger partial charge on any atom is 0.0347 e. The normalized spacial score (nSPS) is 11.6. The lowest BCUT2D eigenvalue weighted by Crippen LogP contribution is -2.00. The van der Waals surface area contributed by atoms with Gasteiger partial charge in [-0.1, -0.05) is 13.3 Å². The van der Waals surface area contributed by atoms with Crippen molar-refractivity contribution in [2.24, 2.45) is 5.10 Å². The SMILES string of the molecule is CCC/C(C)=N\NC. The van der Waals surface area contributed by atoms with E-state index in [1.54, 1.807) is 0 Å². The monoisotopic (exact) mass is 114 g/mol. The molecule has 0 fully saturated rings. The highest BCUT2D eigenvalue weighted by Gasteiger charge is 1.84. The highest BCUT2D eigenvalue weighted by molar-refractivity contribution is 5.81. The summed E-state index contributed by atoms with van der Waals surface area (Å²) >= 11 is 0. The standard InChI is InChI=1S/C6H14N2/c1-4-5-6(2)8-7-3/h7H,4-5H2,1-3H3/b8-6-. The van der Waals surface area contributed by atoms with E-state index in [1.807, 2.05) is 14.0 Å². The fourth-order valence-electron chi connectivity index (χ4n) is 0.609. The maximum atomic E-state index is 3.98. The molecule has 0 unspecified atom stereocenters. The second kappa shape index (κ2) is 4.62. The van der Waals surface area contributed by atoms with Crippen LogP contribution in [0.4, 0.5) is 0 Å². The van der Waals surface area contributed by atoms with Gasteiger partial charge in [0.2, 0.25) is 0 Å². The molecule has 0 aliphatic heterocycles. The number of nitrogens with one attached hydrogen (secondary N) is 1. The van der Waals surface area contributed by atoms with Crippen molar-refractivity contribution >= 4 is 5.71 Å². The van der Waals surface area contributed by atoms with Gasteiger partial charge in [-0.2, -0.15) is 5.10 Å². The van der Waals surface area contributed by atoms with Crippen molar-refractivity contribution < 1.29 is 0 Å². The number of rotatable bonds is 3. The van der Waals surface area contributed by atoms with E-state index in [0.717, 1.165) is 6.42 Å². The molecule has 0 spiro atoms. The molecule has 0 aromatic carbocycles. The summed E-state index contributed by atoms with van der Waals surface area (Å²) < 4.78 is 0. The fraction of sp³-hybridized carbons (Fsp3) is 0.833. The molecule has 0 rings (SSSR count). The minimum absolute atomic E-state index is 1.10. The smallest absolute Gasteiger partial charge is 0.0347 e. The molecule has 0 bridgehead atoms. The molecule has 0 saturated heterocycles. The molecule has 0 atom stereocenters. The molecule has 2 heteroatoms. The van der Waals surface area contributed by atoms with Gasteiger partial charge in [-0.05, 0) is 13.3 Å². The zero-order valence-electron chi connectivity index (χ0n) is 5.86. The van der Waals surface area contributed by atoms with Crippen LogP contribution in [0.1, 0.15) is 26.7 Å². The zero-order chi connectivity index (χ0) is 6.41. The van der Waals surface area contributed by atoms with Crippen LogP contribution in [0.25, 0.3) is 0 Å². The van der Waals surface area contributed by atoms with Crippen LogP contribution in [0.3, 0.4) is 0 Å². The first-order chi connectivity index (χ1) is 3.81. The van der Waals surface area contributed by atoms with Crippen LogP contribution < -0.4 is 5.43 Å². The molecule has 0 aromatic heterocycles. The van der Waals surface area contributed by atoms with Crippen molar-refractivity contribution in [1.29, 1.82) is 0 Å². The summed E-state index contributed by atoms with van der Waals surface area (Å²) in [5.41, 5.74) is 3.92. The Bertz CT molecular complexity index is 76.6. The summed E-state index contributed by atoms with van der Waals surface area (Å²) in [7, 11) is 1.82. The first kappa shape index (κ1) is 7.47. The topological polar surface area (TPSA) is 24.4 Å². The van der Waals surface area contributed by atoms with E-state index in [-0.39, 0.29) is 0 Å². The quantitative estimate of drug-likeness (QED) is 0.435. The van der Waals surface area contributed by atoms with Crippen LogP contribution >= 0.6 is 0 Å². The molecule has 0 radical (unpaired) electrons. The van der Waals surface area contributed by atoms with Gasteiger partial charge in [0.1, 0.15) is 0 Å². The van der Waals surface area contributed by atoms with Crippen LogP contribution in [0.15, 0.2) is 5.10 Å². The minimum atomic E-state index is 1.10. The van der Waals surface area contributed by atoms with E-state index in [4.69, 9.17) is 0 Å². The van der Waals surface area contributed by atoms with E-state index >= 15 is 0 Å². The summed E-state index contributed by atoms with van der Waals surface area (Å²) in [5, 5.41) is 3.98. The van der Waals surface area contributed by atoms with Crippen molar-refractivity contribution in [2.45, 2.75) is 26.7 Å². The Hall–Kier alpha value is -0.530. The van der Waals surface area contributed by atoms with Gasteiger partial charge in [-0.3, -0.25) is 0 Å². The molecule has 0 saturated carbocycles. The highest BCUT2D eigenvalue weighted by atomic mass is 15.3. The first-order valence-corrected chi connectivity index (χ1v) is 3.01. The third kappa shape index (κ3) is 3.65. The molecular weight excluding hydrogens is 100 g/mol. The Kier molecular flexibility index (Phi) is 4.32. The van der Waals surface area contributed by atoms with E-state index in [2.05, 4.69) is 17.5 Å². The molecule has 0 heterocycles. The van der Waals surface area contributed by atoms with Crippen LogP contribution in [0, 0.1) is 0 Å². The molecule has 2 nitrogen and oxygen atoms in total. The minimum Gasteiger partial charge on any atom is -0.313 e. The van der Waals surface area contributed by atoms with Gasteiger partial charge in [-0.15, -0.1) is 0 Å². The Balaban J connectivity index is 3.29. The fourth-order valence-corrected chi connectivity index (χ4v) is 0.609. The lowest BCUT2D eigenvalue weighted by Gasteiger charge is -1.93. The van der Waals surface area contributed by atoms with Gasteiger partial charge in [0.25, 0.3) is 0 Å².